The molecular weight excluding hydrogens is 518 g/mol. The fourth-order valence-electron chi connectivity index (χ4n) is 4.85. The van der Waals surface area contributed by atoms with E-state index in [1.54, 1.807) is 65.5 Å². The topological polar surface area (TPSA) is 116 Å². The van der Waals surface area contributed by atoms with Crippen LogP contribution >= 0.6 is 11.8 Å². The predicted octanol–water partition coefficient (Wildman–Crippen LogP) is 2.21. The Morgan fingerprint density at radius 1 is 1.34 bits per heavy atom. The summed E-state index contributed by atoms with van der Waals surface area (Å²) in [4.78, 5) is 32.9. The third-order valence-corrected chi connectivity index (χ3v) is 7.76. The molecule has 3 N–H and O–H groups in total. The molecule has 38 heavy (non-hydrogen) atoms. The van der Waals surface area contributed by atoms with Crippen molar-refractivity contribution < 1.29 is 23.1 Å². The van der Waals surface area contributed by atoms with Crippen molar-refractivity contribution in [3.8, 4) is 5.75 Å². The molecule has 198 valence electrons. The molecule has 1 saturated heterocycles. The molecule has 1 fully saturated rings. The highest BCUT2D eigenvalue weighted by Crippen LogP contribution is 2.42. The van der Waals surface area contributed by atoms with Gasteiger partial charge in [-0.15, -0.1) is 11.8 Å². The Labute approximate surface area is 220 Å². The summed E-state index contributed by atoms with van der Waals surface area (Å²) in [5.74, 6) is 0.233. The molecule has 2 unspecified atom stereocenters. The summed E-state index contributed by atoms with van der Waals surface area (Å²) in [5.41, 5.74) is 5.35. The fraction of sp³-hybridized carbons (Fsp3) is 0.333. The van der Waals surface area contributed by atoms with Gasteiger partial charge in [0.15, 0.2) is 5.65 Å². The Morgan fingerprint density at radius 2 is 2.21 bits per heavy atom. The van der Waals surface area contributed by atoms with Gasteiger partial charge in [0.05, 0.1) is 23.6 Å². The highest BCUT2D eigenvalue weighted by Gasteiger charge is 2.40. The number of hydrazine groups is 1. The summed E-state index contributed by atoms with van der Waals surface area (Å²) >= 11 is 1.60. The molecule has 2 amide bonds. The quantitative estimate of drug-likeness (QED) is 0.431. The zero-order chi connectivity index (χ0) is 26.4. The number of likely N-dealkylation sites (tertiary alicyclic amines) is 1. The molecule has 3 aliphatic heterocycles. The van der Waals surface area contributed by atoms with Gasteiger partial charge in [0.1, 0.15) is 17.4 Å². The molecule has 6 rings (SSSR count). The van der Waals surface area contributed by atoms with E-state index in [2.05, 4.69) is 26.1 Å². The molecule has 1 aromatic carbocycles. The largest absolute Gasteiger partial charge is 0.434 e. The Morgan fingerprint density at radius 3 is 3.00 bits per heavy atom. The average Bonchev–Trinajstić information content (AvgIpc) is 3.60. The molecule has 2 atom stereocenters. The van der Waals surface area contributed by atoms with Gasteiger partial charge in [-0.2, -0.15) is 13.9 Å². The highest BCUT2D eigenvalue weighted by atomic mass is 32.2. The summed E-state index contributed by atoms with van der Waals surface area (Å²) < 4.78 is 33.3. The zero-order valence-corrected chi connectivity index (χ0v) is 21.0. The third-order valence-electron chi connectivity index (χ3n) is 6.70. The van der Waals surface area contributed by atoms with Gasteiger partial charge in [0.2, 0.25) is 5.91 Å². The van der Waals surface area contributed by atoms with Crippen LogP contribution in [0, 0.1) is 0 Å². The van der Waals surface area contributed by atoms with E-state index in [0.717, 1.165) is 10.6 Å². The number of ether oxygens (including phenoxy) is 1. The second-order valence-electron chi connectivity index (χ2n) is 9.06. The smallest absolute Gasteiger partial charge is 0.387 e. The first-order chi connectivity index (χ1) is 18.4. The molecule has 0 bridgehead atoms. The van der Waals surface area contributed by atoms with E-state index in [1.807, 2.05) is 0 Å². The number of nitrogens with one attached hydrogen (secondary N) is 3. The van der Waals surface area contributed by atoms with Gasteiger partial charge >= 0.3 is 6.61 Å². The molecular formula is C24H24F2N8O3S. The number of hydrogen-bond donors (Lipinski definition) is 3. The number of fused-ring (bicyclic) bond motifs is 2. The lowest BCUT2D eigenvalue weighted by Gasteiger charge is -2.27. The number of anilines is 1. The van der Waals surface area contributed by atoms with E-state index in [0.29, 0.717) is 42.1 Å². The van der Waals surface area contributed by atoms with Crippen molar-refractivity contribution >= 4 is 34.9 Å². The van der Waals surface area contributed by atoms with Gasteiger partial charge in [-0.25, -0.2) is 14.9 Å². The van der Waals surface area contributed by atoms with Crippen LogP contribution in [0.15, 0.2) is 53.6 Å². The van der Waals surface area contributed by atoms with Crippen molar-refractivity contribution in [3.63, 3.8) is 0 Å². The SMILES string of the molecule is CN1CCC(N2C=C(NC(=O)c3cnn4cccnc34)C(c3cc4c(cc3OC(F)F)NCCS4)N2)C1=O. The van der Waals surface area contributed by atoms with Crippen LogP contribution in [-0.2, 0) is 4.79 Å². The zero-order valence-electron chi connectivity index (χ0n) is 20.2. The predicted molar refractivity (Wildman–Crippen MR) is 135 cm³/mol. The monoisotopic (exact) mass is 542 g/mol. The molecule has 0 saturated carbocycles. The lowest BCUT2D eigenvalue weighted by atomic mass is 10.0. The maximum atomic E-state index is 13.4. The number of aromatic nitrogens is 3. The van der Waals surface area contributed by atoms with Gasteiger partial charge in [0, 0.05) is 61.0 Å². The van der Waals surface area contributed by atoms with Crippen LogP contribution in [0.25, 0.3) is 5.65 Å². The second-order valence-corrected chi connectivity index (χ2v) is 10.2. The van der Waals surface area contributed by atoms with Crippen LogP contribution in [0.2, 0.25) is 0 Å². The Balaban J connectivity index is 1.38. The first-order valence-electron chi connectivity index (χ1n) is 12.0. The number of likely N-dealkylation sites (N-methyl/N-ethyl adjacent to an activating group) is 1. The van der Waals surface area contributed by atoms with Crippen LogP contribution in [-0.4, -0.2) is 74.9 Å². The highest BCUT2D eigenvalue weighted by molar-refractivity contribution is 7.99. The van der Waals surface area contributed by atoms with E-state index in [4.69, 9.17) is 4.74 Å². The van der Waals surface area contributed by atoms with Crippen molar-refractivity contribution in [2.75, 3.05) is 31.2 Å². The lowest BCUT2D eigenvalue weighted by Crippen LogP contribution is -2.44. The maximum Gasteiger partial charge on any atom is 0.387 e. The van der Waals surface area contributed by atoms with Crippen molar-refractivity contribution in [1.29, 1.82) is 0 Å². The number of thioether (sulfide) groups is 1. The Kier molecular flexibility index (Phi) is 6.27. The van der Waals surface area contributed by atoms with Gasteiger partial charge in [-0.05, 0) is 18.6 Å². The Hall–Kier alpha value is -3.91. The number of alkyl halides is 2. The number of hydrogen-bond acceptors (Lipinski definition) is 9. The first-order valence-corrected chi connectivity index (χ1v) is 13.0. The van der Waals surface area contributed by atoms with Gasteiger partial charge in [-0.3, -0.25) is 9.59 Å². The molecule has 14 heteroatoms. The first kappa shape index (κ1) is 24.4. The van der Waals surface area contributed by atoms with Crippen molar-refractivity contribution in [2.24, 2.45) is 0 Å². The van der Waals surface area contributed by atoms with Gasteiger partial charge < -0.3 is 25.3 Å². The van der Waals surface area contributed by atoms with E-state index >= 15 is 0 Å². The van der Waals surface area contributed by atoms with E-state index in [9.17, 15) is 18.4 Å². The van der Waals surface area contributed by atoms with Crippen molar-refractivity contribution in [1.82, 2.24) is 35.2 Å². The summed E-state index contributed by atoms with van der Waals surface area (Å²) in [6.45, 7) is -1.76. The van der Waals surface area contributed by atoms with Crippen LogP contribution in [0.4, 0.5) is 14.5 Å². The molecule has 3 aromatic rings. The molecule has 3 aliphatic rings. The minimum atomic E-state index is -3.04. The molecule has 11 nitrogen and oxygen atoms in total. The number of amides is 2. The van der Waals surface area contributed by atoms with Crippen LogP contribution in [0.3, 0.4) is 0 Å². The number of carbonyl (C=O) groups excluding carboxylic acids is 2. The summed E-state index contributed by atoms with van der Waals surface area (Å²) in [5, 5.41) is 11.9. The number of nitrogens with zero attached hydrogens (tertiary/aromatic N) is 5. The van der Waals surface area contributed by atoms with E-state index in [1.165, 1.54) is 10.7 Å². The second kappa shape index (κ2) is 9.76. The minimum Gasteiger partial charge on any atom is -0.434 e. The minimum absolute atomic E-state index is 0.0271. The van der Waals surface area contributed by atoms with Gasteiger partial charge in [0.25, 0.3) is 5.91 Å². The molecule has 5 heterocycles. The third kappa shape index (κ3) is 4.39. The number of carbonyl (C=O) groups is 2. The maximum absolute atomic E-state index is 13.4. The van der Waals surface area contributed by atoms with Crippen LogP contribution in [0.1, 0.15) is 28.4 Å². The van der Waals surface area contributed by atoms with E-state index in [-0.39, 0.29) is 17.2 Å². The lowest BCUT2D eigenvalue weighted by molar-refractivity contribution is -0.130. The normalized spacial score (nSPS) is 21.1. The standard InChI is InChI=1S/C24H24F2N8O3S/c1-32-7-3-17(23(32)36)34-12-16(30-22(35)14-11-29-33-6-2-4-28-21(14)33)20(31-34)13-9-19-15(27-5-8-38-19)10-18(13)37-24(25)26/h2,4,6,9-12,17,20,24,27,31H,3,5,7-8H2,1H3,(H,30,35). The average molecular weight is 543 g/mol. The van der Waals surface area contributed by atoms with Crippen LogP contribution < -0.4 is 20.8 Å². The molecule has 0 radical (unpaired) electrons. The molecule has 0 aliphatic carbocycles. The summed E-state index contributed by atoms with van der Waals surface area (Å²) in [6.07, 6.45) is 6.85. The van der Waals surface area contributed by atoms with E-state index < -0.39 is 24.6 Å². The number of halogens is 2. The number of rotatable bonds is 6. The number of benzene rings is 1. The fourth-order valence-corrected chi connectivity index (χ4v) is 5.77. The Bertz CT molecular complexity index is 1450. The summed E-state index contributed by atoms with van der Waals surface area (Å²) in [7, 11) is 1.72. The summed E-state index contributed by atoms with van der Waals surface area (Å²) in [6, 6.07) is 3.75. The van der Waals surface area contributed by atoms with Crippen molar-refractivity contribution in [3.05, 3.63) is 59.8 Å². The molecule has 2 aromatic heterocycles. The van der Waals surface area contributed by atoms with Gasteiger partial charge in [-0.1, -0.05) is 0 Å². The van der Waals surface area contributed by atoms with Crippen LogP contribution in [0.5, 0.6) is 5.75 Å². The molecule has 0 spiro atoms. The van der Waals surface area contributed by atoms with Crippen molar-refractivity contribution in [2.45, 2.75) is 30.0 Å².